The van der Waals surface area contributed by atoms with Crippen LogP contribution < -0.4 is 10.2 Å². The van der Waals surface area contributed by atoms with E-state index < -0.39 is 13.0 Å². The van der Waals surface area contributed by atoms with Crippen LogP contribution in [0.25, 0.3) is 5.65 Å². The number of rotatable bonds is 8. The molecule has 6 nitrogen and oxygen atoms in total. The standard InChI is InChI=1S/C13H19F2N5O/c1-2-3-16-11-9-19-5-4-17-12(19)13(18-11)20(6-7-21)8-10(14)15/h4-5,9-10,16,21H,2-3,6-8H2,1H3. The minimum absolute atomic E-state index is 0.0804. The summed E-state index contributed by atoms with van der Waals surface area (Å²) in [5.41, 5.74) is 0.492. The zero-order chi connectivity index (χ0) is 15.2. The first-order valence-electron chi connectivity index (χ1n) is 6.87. The molecule has 0 aromatic carbocycles. The van der Waals surface area contributed by atoms with Gasteiger partial charge in [-0.1, -0.05) is 6.92 Å². The lowest BCUT2D eigenvalue weighted by atomic mass is 10.4. The number of imidazole rings is 1. The Hall–Kier alpha value is -1.96. The average molecular weight is 299 g/mol. The lowest BCUT2D eigenvalue weighted by molar-refractivity contribution is 0.152. The minimum atomic E-state index is -2.51. The summed E-state index contributed by atoms with van der Waals surface area (Å²) in [5.74, 6) is 0.935. The third-order valence-corrected chi connectivity index (χ3v) is 2.94. The number of hydrogen-bond acceptors (Lipinski definition) is 5. The molecule has 0 atom stereocenters. The van der Waals surface area contributed by atoms with Crippen molar-refractivity contribution in [1.29, 1.82) is 0 Å². The van der Waals surface area contributed by atoms with E-state index in [-0.39, 0.29) is 13.2 Å². The van der Waals surface area contributed by atoms with Crippen LogP contribution in [-0.4, -0.2) is 52.1 Å². The van der Waals surface area contributed by atoms with E-state index in [4.69, 9.17) is 5.11 Å². The molecule has 8 heteroatoms. The van der Waals surface area contributed by atoms with Gasteiger partial charge in [0.15, 0.2) is 11.5 Å². The molecule has 2 rings (SSSR count). The number of fused-ring (bicyclic) bond motifs is 1. The van der Waals surface area contributed by atoms with Gasteiger partial charge in [0.25, 0.3) is 6.43 Å². The number of aliphatic hydroxyl groups excluding tert-OH is 1. The second-order valence-corrected chi connectivity index (χ2v) is 4.60. The smallest absolute Gasteiger partial charge is 0.255 e. The largest absolute Gasteiger partial charge is 0.395 e. The van der Waals surface area contributed by atoms with Gasteiger partial charge in [-0.25, -0.2) is 18.7 Å². The van der Waals surface area contributed by atoms with Gasteiger partial charge in [-0.05, 0) is 6.42 Å². The molecule has 116 valence electrons. The second kappa shape index (κ2) is 7.16. The molecule has 0 aliphatic rings. The summed E-state index contributed by atoms with van der Waals surface area (Å²) in [6.07, 6.45) is 3.50. The molecule has 2 N–H and O–H groups in total. The maximum absolute atomic E-state index is 12.7. The first-order valence-corrected chi connectivity index (χ1v) is 6.87. The first kappa shape index (κ1) is 15.4. The topological polar surface area (TPSA) is 65.7 Å². The number of alkyl halides is 2. The summed E-state index contributed by atoms with van der Waals surface area (Å²) in [5, 5.41) is 12.2. The van der Waals surface area contributed by atoms with Gasteiger partial charge in [0, 0.05) is 25.5 Å². The molecule has 0 spiro atoms. The summed E-state index contributed by atoms with van der Waals surface area (Å²) in [4.78, 5) is 9.88. The average Bonchev–Trinajstić information content (AvgIpc) is 2.91. The van der Waals surface area contributed by atoms with E-state index in [1.807, 2.05) is 6.92 Å². The second-order valence-electron chi connectivity index (χ2n) is 4.60. The van der Waals surface area contributed by atoms with Crippen LogP contribution in [0.2, 0.25) is 0 Å². The molecule has 0 aliphatic carbocycles. The third-order valence-electron chi connectivity index (χ3n) is 2.94. The van der Waals surface area contributed by atoms with Crippen molar-refractivity contribution in [2.75, 3.05) is 36.5 Å². The minimum Gasteiger partial charge on any atom is -0.395 e. The van der Waals surface area contributed by atoms with Crippen LogP contribution in [0.15, 0.2) is 18.6 Å². The molecule has 0 unspecified atom stereocenters. The van der Waals surface area contributed by atoms with Crippen molar-refractivity contribution in [1.82, 2.24) is 14.4 Å². The van der Waals surface area contributed by atoms with Crippen LogP contribution >= 0.6 is 0 Å². The SMILES string of the molecule is CCCNc1cn2ccnc2c(N(CCO)CC(F)F)n1. The fourth-order valence-electron chi connectivity index (χ4n) is 2.04. The van der Waals surface area contributed by atoms with Crippen LogP contribution in [0.5, 0.6) is 0 Å². The van der Waals surface area contributed by atoms with Crippen LogP contribution in [0.4, 0.5) is 20.4 Å². The number of nitrogens with one attached hydrogen (secondary N) is 1. The maximum Gasteiger partial charge on any atom is 0.255 e. The summed E-state index contributed by atoms with van der Waals surface area (Å²) in [6.45, 7) is 2.12. The number of anilines is 2. The Morgan fingerprint density at radius 2 is 2.29 bits per heavy atom. The highest BCUT2D eigenvalue weighted by atomic mass is 19.3. The molecule has 2 aromatic heterocycles. The highest BCUT2D eigenvalue weighted by Crippen LogP contribution is 2.21. The van der Waals surface area contributed by atoms with Gasteiger partial charge >= 0.3 is 0 Å². The van der Waals surface area contributed by atoms with Gasteiger partial charge in [0.2, 0.25) is 0 Å². The van der Waals surface area contributed by atoms with Gasteiger partial charge in [-0.15, -0.1) is 0 Å². The van der Waals surface area contributed by atoms with Crippen molar-refractivity contribution in [3.8, 4) is 0 Å². The van der Waals surface area contributed by atoms with Gasteiger partial charge in [0.1, 0.15) is 5.82 Å². The Morgan fingerprint density at radius 1 is 1.48 bits per heavy atom. The molecular weight excluding hydrogens is 280 g/mol. The van der Waals surface area contributed by atoms with Crippen LogP contribution in [0.1, 0.15) is 13.3 Å². The lowest BCUT2D eigenvalue weighted by Gasteiger charge is -2.23. The molecule has 0 bridgehead atoms. The van der Waals surface area contributed by atoms with E-state index in [1.165, 1.54) is 4.90 Å². The highest BCUT2D eigenvalue weighted by molar-refractivity contribution is 5.66. The van der Waals surface area contributed by atoms with E-state index in [0.29, 0.717) is 17.3 Å². The molecular formula is C13H19F2N5O. The van der Waals surface area contributed by atoms with Gasteiger partial charge in [-0.2, -0.15) is 0 Å². The predicted molar refractivity (Wildman–Crippen MR) is 77.1 cm³/mol. The van der Waals surface area contributed by atoms with Gasteiger partial charge in [0.05, 0.1) is 19.3 Å². The van der Waals surface area contributed by atoms with Crippen molar-refractivity contribution in [3.05, 3.63) is 18.6 Å². The fourth-order valence-corrected chi connectivity index (χ4v) is 2.04. The molecule has 21 heavy (non-hydrogen) atoms. The quantitative estimate of drug-likeness (QED) is 0.775. The number of halogens is 2. The van der Waals surface area contributed by atoms with Crippen LogP contribution in [-0.2, 0) is 0 Å². The molecule has 0 saturated heterocycles. The van der Waals surface area contributed by atoms with Crippen LogP contribution in [0.3, 0.4) is 0 Å². The number of nitrogens with zero attached hydrogens (tertiary/aromatic N) is 4. The molecule has 2 heterocycles. The third kappa shape index (κ3) is 3.78. The van der Waals surface area contributed by atoms with E-state index in [0.717, 1.165) is 13.0 Å². The summed E-state index contributed by atoms with van der Waals surface area (Å²) in [6, 6.07) is 0. The van der Waals surface area contributed by atoms with Crippen molar-refractivity contribution in [3.63, 3.8) is 0 Å². The zero-order valence-electron chi connectivity index (χ0n) is 11.8. The Kier molecular flexibility index (Phi) is 5.26. The fraction of sp³-hybridized carbons (Fsp3) is 0.538. The molecule has 2 aromatic rings. The Morgan fingerprint density at radius 3 is 2.95 bits per heavy atom. The first-order chi connectivity index (χ1) is 10.2. The van der Waals surface area contributed by atoms with Crippen molar-refractivity contribution >= 4 is 17.3 Å². The highest BCUT2D eigenvalue weighted by Gasteiger charge is 2.18. The zero-order valence-corrected chi connectivity index (χ0v) is 11.8. The number of aliphatic hydroxyl groups is 1. The van der Waals surface area contributed by atoms with Gasteiger partial charge in [-0.3, -0.25) is 0 Å². The van der Waals surface area contributed by atoms with E-state index >= 15 is 0 Å². The van der Waals surface area contributed by atoms with Crippen molar-refractivity contribution in [2.45, 2.75) is 19.8 Å². The lowest BCUT2D eigenvalue weighted by Crippen LogP contribution is -2.33. The number of aromatic nitrogens is 3. The molecule has 0 aliphatic heterocycles. The predicted octanol–water partition coefficient (Wildman–Crippen LogP) is 1.61. The molecule has 0 radical (unpaired) electrons. The number of hydrogen-bond donors (Lipinski definition) is 2. The normalized spacial score (nSPS) is 11.3. The van der Waals surface area contributed by atoms with E-state index in [2.05, 4.69) is 15.3 Å². The van der Waals surface area contributed by atoms with Crippen molar-refractivity contribution in [2.24, 2.45) is 0 Å². The Balaban J connectivity index is 2.39. The maximum atomic E-state index is 12.7. The molecule has 0 fully saturated rings. The molecule has 0 amide bonds. The van der Waals surface area contributed by atoms with Crippen LogP contribution in [0, 0.1) is 0 Å². The van der Waals surface area contributed by atoms with E-state index in [1.54, 1.807) is 23.0 Å². The Labute approximate surface area is 121 Å². The van der Waals surface area contributed by atoms with Gasteiger partial charge < -0.3 is 19.7 Å². The van der Waals surface area contributed by atoms with E-state index in [9.17, 15) is 8.78 Å². The molecule has 0 saturated carbocycles. The van der Waals surface area contributed by atoms with Crippen molar-refractivity contribution < 1.29 is 13.9 Å². The Bertz CT molecular complexity index is 575. The monoisotopic (exact) mass is 299 g/mol. The summed E-state index contributed by atoms with van der Waals surface area (Å²) >= 11 is 0. The summed E-state index contributed by atoms with van der Waals surface area (Å²) in [7, 11) is 0. The summed E-state index contributed by atoms with van der Waals surface area (Å²) < 4.78 is 27.2.